The van der Waals surface area contributed by atoms with Crippen LogP contribution >= 0.6 is 0 Å². The van der Waals surface area contributed by atoms with Gasteiger partial charge in [-0.1, -0.05) is 31.2 Å². The van der Waals surface area contributed by atoms with E-state index in [4.69, 9.17) is 4.98 Å². The van der Waals surface area contributed by atoms with E-state index in [1.54, 1.807) is 24.8 Å². The minimum atomic E-state index is 0.414. The molecule has 5 aromatic rings. The summed E-state index contributed by atoms with van der Waals surface area (Å²) in [5.41, 5.74) is 6.41. The Morgan fingerprint density at radius 1 is 0.725 bits per heavy atom. The molecular weight excluding hydrogens is 494 g/mol. The predicted molar refractivity (Wildman–Crippen MR) is 159 cm³/mol. The molecule has 6 rings (SSSR count). The van der Waals surface area contributed by atoms with Gasteiger partial charge in [-0.3, -0.25) is 9.97 Å². The van der Waals surface area contributed by atoms with Crippen molar-refractivity contribution in [1.82, 2.24) is 24.9 Å². The number of hydrogen-bond donors (Lipinski definition) is 2. The Balaban J connectivity index is 1.18. The number of pyridine rings is 3. The highest BCUT2D eigenvalue weighted by molar-refractivity contribution is 5.73. The van der Waals surface area contributed by atoms with Crippen molar-refractivity contribution in [2.75, 3.05) is 10.6 Å². The van der Waals surface area contributed by atoms with Gasteiger partial charge in [-0.15, -0.1) is 0 Å². The van der Waals surface area contributed by atoms with Crippen LogP contribution < -0.4 is 10.6 Å². The summed E-state index contributed by atoms with van der Waals surface area (Å²) in [5.74, 6) is 7.73. The zero-order valence-electron chi connectivity index (χ0n) is 22.1. The molecule has 0 radical (unpaired) electrons. The van der Waals surface area contributed by atoms with Crippen molar-refractivity contribution in [1.29, 1.82) is 0 Å². The lowest BCUT2D eigenvalue weighted by Crippen LogP contribution is -2.23. The lowest BCUT2D eigenvalue weighted by atomic mass is 9.95. The average Bonchev–Trinajstić information content (AvgIpc) is 3.02. The summed E-state index contributed by atoms with van der Waals surface area (Å²) in [6.45, 7) is 0. The standard InChI is InChI=1S/C33H29N7/c1-2-6-27(7-3-1)38-32-30(31-8-4-5-18-36-31)23-37-33(40-32)39-28-12-9-24(10-13-28)11-14-29-22-26(17-21-35-29)25-15-19-34-20-16-25/h4-5,8-10,12-13,15-23,27H,1-3,6-7H2,(H2,37,38,39,40). The molecular formula is C33H29N7. The van der Waals surface area contributed by atoms with Gasteiger partial charge in [-0.05, 0) is 90.6 Å². The topological polar surface area (TPSA) is 88.5 Å². The number of nitrogens with one attached hydrogen (secondary N) is 2. The van der Waals surface area contributed by atoms with Crippen LogP contribution in [0.25, 0.3) is 22.4 Å². The van der Waals surface area contributed by atoms with Gasteiger partial charge in [-0.2, -0.15) is 4.98 Å². The zero-order chi connectivity index (χ0) is 27.0. The normalized spacial score (nSPS) is 13.2. The summed E-state index contributed by atoms with van der Waals surface area (Å²) in [4.78, 5) is 22.5. The van der Waals surface area contributed by atoms with E-state index in [1.165, 1.54) is 19.3 Å². The van der Waals surface area contributed by atoms with E-state index in [0.717, 1.165) is 58.0 Å². The van der Waals surface area contributed by atoms with Gasteiger partial charge in [0.25, 0.3) is 0 Å². The zero-order valence-corrected chi connectivity index (χ0v) is 22.1. The third-order valence-electron chi connectivity index (χ3n) is 6.93. The van der Waals surface area contributed by atoms with Crippen molar-refractivity contribution in [3.05, 3.63) is 109 Å². The summed E-state index contributed by atoms with van der Waals surface area (Å²) in [5, 5.41) is 7.01. The quantitative estimate of drug-likeness (QED) is 0.234. The molecule has 196 valence electrons. The van der Waals surface area contributed by atoms with Gasteiger partial charge in [0.2, 0.25) is 5.95 Å². The molecule has 1 aliphatic carbocycles. The second kappa shape index (κ2) is 12.2. The van der Waals surface area contributed by atoms with Crippen LogP contribution in [0.4, 0.5) is 17.5 Å². The fourth-order valence-electron chi connectivity index (χ4n) is 4.83. The summed E-state index contributed by atoms with van der Waals surface area (Å²) in [6.07, 6.45) is 15.1. The van der Waals surface area contributed by atoms with E-state index in [1.807, 2.05) is 72.9 Å². The molecule has 0 unspecified atom stereocenters. The first-order valence-corrected chi connectivity index (χ1v) is 13.6. The maximum Gasteiger partial charge on any atom is 0.229 e. The number of benzene rings is 1. The highest BCUT2D eigenvalue weighted by Gasteiger charge is 2.17. The maximum absolute atomic E-state index is 4.86. The molecule has 1 saturated carbocycles. The molecule has 0 saturated heterocycles. The van der Waals surface area contributed by atoms with Crippen LogP contribution in [-0.2, 0) is 0 Å². The lowest BCUT2D eigenvalue weighted by Gasteiger charge is -2.24. The number of hydrogen-bond acceptors (Lipinski definition) is 7. The molecule has 1 aliphatic rings. The largest absolute Gasteiger partial charge is 0.367 e. The smallest absolute Gasteiger partial charge is 0.229 e. The molecule has 0 bridgehead atoms. The van der Waals surface area contributed by atoms with Crippen LogP contribution in [0.2, 0.25) is 0 Å². The van der Waals surface area contributed by atoms with Gasteiger partial charge in [0.15, 0.2) is 0 Å². The number of anilines is 3. The molecule has 7 nitrogen and oxygen atoms in total. The molecule has 0 atom stereocenters. The van der Waals surface area contributed by atoms with E-state index in [9.17, 15) is 0 Å². The van der Waals surface area contributed by atoms with E-state index in [0.29, 0.717) is 12.0 Å². The SMILES string of the molecule is C(#Cc1cc(-c2ccncc2)ccn1)c1ccc(Nc2ncc(-c3ccccn3)c(NC3CCCCC3)n2)cc1. The molecule has 2 N–H and O–H groups in total. The van der Waals surface area contributed by atoms with Crippen LogP contribution in [-0.4, -0.2) is 31.0 Å². The number of nitrogens with zero attached hydrogens (tertiary/aromatic N) is 5. The summed E-state index contributed by atoms with van der Waals surface area (Å²) >= 11 is 0. The van der Waals surface area contributed by atoms with E-state index in [-0.39, 0.29) is 0 Å². The van der Waals surface area contributed by atoms with Gasteiger partial charge in [0, 0.05) is 48.3 Å². The van der Waals surface area contributed by atoms with E-state index < -0.39 is 0 Å². The fourth-order valence-corrected chi connectivity index (χ4v) is 4.83. The molecule has 4 heterocycles. The summed E-state index contributed by atoms with van der Waals surface area (Å²) in [6, 6.07) is 22.1. The minimum absolute atomic E-state index is 0.414. The molecule has 0 spiro atoms. The molecule has 0 amide bonds. The Bertz CT molecular complexity index is 1620. The van der Waals surface area contributed by atoms with E-state index in [2.05, 4.69) is 42.4 Å². The number of rotatable bonds is 6. The predicted octanol–water partition coefficient (Wildman–Crippen LogP) is 6.88. The molecule has 1 aromatic carbocycles. The van der Waals surface area contributed by atoms with Crippen molar-refractivity contribution in [2.45, 2.75) is 38.1 Å². The Labute approximate surface area is 234 Å². The highest BCUT2D eigenvalue weighted by atomic mass is 15.1. The lowest BCUT2D eigenvalue weighted by molar-refractivity contribution is 0.462. The van der Waals surface area contributed by atoms with Crippen molar-refractivity contribution >= 4 is 17.5 Å². The molecule has 4 aromatic heterocycles. The number of aromatic nitrogens is 5. The second-order valence-electron chi connectivity index (χ2n) is 9.77. The second-order valence-corrected chi connectivity index (χ2v) is 9.77. The molecule has 0 aliphatic heterocycles. The van der Waals surface area contributed by atoms with Crippen molar-refractivity contribution in [2.24, 2.45) is 0 Å². The van der Waals surface area contributed by atoms with Crippen molar-refractivity contribution in [3.8, 4) is 34.2 Å². The summed E-state index contributed by atoms with van der Waals surface area (Å²) < 4.78 is 0. The molecule has 1 fully saturated rings. The van der Waals surface area contributed by atoms with Gasteiger partial charge in [0.05, 0.1) is 11.3 Å². The first-order valence-electron chi connectivity index (χ1n) is 13.6. The Morgan fingerprint density at radius 3 is 2.35 bits per heavy atom. The third-order valence-corrected chi connectivity index (χ3v) is 6.93. The Hall–Kier alpha value is -5.09. The van der Waals surface area contributed by atoms with Crippen LogP contribution in [0.1, 0.15) is 43.4 Å². The van der Waals surface area contributed by atoms with Crippen LogP contribution in [0.5, 0.6) is 0 Å². The molecule has 7 heteroatoms. The van der Waals surface area contributed by atoms with Crippen molar-refractivity contribution < 1.29 is 0 Å². The van der Waals surface area contributed by atoms with Crippen molar-refractivity contribution in [3.63, 3.8) is 0 Å². The monoisotopic (exact) mass is 523 g/mol. The maximum atomic E-state index is 4.86. The summed E-state index contributed by atoms with van der Waals surface area (Å²) in [7, 11) is 0. The molecule has 40 heavy (non-hydrogen) atoms. The average molecular weight is 524 g/mol. The fraction of sp³-hybridized carbons (Fsp3) is 0.182. The third kappa shape index (κ3) is 6.30. The Kier molecular flexibility index (Phi) is 7.67. The van der Waals surface area contributed by atoms with Crippen LogP contribution in [0, 0.1) is 11.8 Å². The van der Waals surface area contributed by atoms with Crippen LogP contribution in [0.15, 0.2) is 97.7 Å². The first-order chi connectivity index (χ1) is 19.8. The van der Waals surface area contributed by atoms with E-state index >= 15 is 0 Å². The highest BCUT2D eigenvalue weighted by Crippen LogP contribution is 2.29. The first kappa shape index (κ1) is 25.2. The van der Waals surface area contributed by atoms with Gasteiger partial charge >= 0.3 is 0 Å². The van der Waals surface area contributed by atoms with Gasteiger partial charge in [0.1, 0.15) is 11.5 Å². The van der Waals surface area contributed by atoms with Gasteiger partial charge < -0.3 is 10.6 Å². The Morgan fingerprint density at radius 2 is 1.55 bits per heavy atom. The van der Waals surface area contributed by atoms with Gasteiger partial charge in [-0.25, -0.2) is 9.97 Å². The minimum Gasteiger partial charge on any atom is -0.367 e. The van der Waals surface area contributed by atoms with Crippen LogP contribution in [0.3, 0.4) is 0 Å².